The quantitative estimate of drug-likeness (QED) is 0.371. The Morgan fingerprint density at radius 3 is 2.94 bits per heavy atom. The molecule has 1 aliphatic heterocycles. The van der Waals surface area contributed by atoms with E-state index in [0.29, 0.717) is 11.1 Å². The van der Waals surface area contributed by atoms with Gasteiger partial charge in [-0.05, 0) is 37.6 Å². The van der Waals surface area contributed by atoms with Crippen molar-refractivity contribution in [3.05, 3.63) is 66.8 Å². The van der Waals surface area contributed by atoms with Crippen LogP contribution in [0.15, 0.2) is 70.3 Å². The number of nitrogens with zero attached hydrogens (tertiary/aromatic N) is 7. The molecule has 0 aliphatic carbocycles. The van der Waals surface area contributed by atoms with Crippen molar-refractivity contribution in [3.8, 4) is 11.1 Å². The van der Waals surface area contributed by atoms with Gasteiger partial charge in [-0.15, -0.1) is 0 Å². The van der Waals surface area contributed by atoms with Gasteiger partial charge in [0.1, 0.15) is 10.5 Å². The van der Waals surface area contributed by atoms with Crippen molar-refractivity contribution in [2.75, 3.05) is 20.1 Å². The van der Waals surface area contributed by atoms with Gasteiger partial charge in [-0.25, -0.2) is 18.9 Å². The average Bonchev–Trinajstić information content (AvgIpc) is 3.48. The van der Waals surface area contributed by atoms with Gasteiger partial charge in [0.25, 0.3) is 0 Å². The lowest BCUT2D eigenvalue weighted by Gasteiger charge is -2.24. The summed E-state index contributed by atoms with van der Waals surface area (Å²) in [5.41, 5.74) is 5.28. The van der Waals surface area contributed by atoms with Crippen LogP contribution in [0, 0.1) is 5.82 Å². The highest BCUT2D eigenvalue weighted by Crippen LogP contribution is 2.38. The third-order valence-corrected chi connectivity index (χ3v) is 7.25. The van der Waals surface area contributed by atoms with Gasteiger partial charge >= 0.3 is 0 Å². The van der Waals surface area contributed by atoms with Crippen LogP contribution in [-0.2, 0) is 0 Å². The number of aromatic nitrogens is 6. The summed E-state index contributed by atoms with van der Waals surface area (Å²) in [7, 11) is 1.72. The maximum absolute atomic E-state index is 14.5. The zero-order valence-electron chi connectivity index (χ0n) is 19.1. The fourth-order valence-corrected chi connectivity index (χ4v) is 5.63. The van der Waals surface area contributed by atoms with E-state index in [-0.39, 0.29) is 5.82 Å². The molecule has 1 saturated heterocycles. The Bertz CT molecular complexity index is 1550. The molecule has 0 bridgehead atoms. The first kappa shape index (κ1) is 21.9. The molecule has 1 fully saturated rings. The Kier molecular flexibility index (Phi) is 5.75. The molecule has 1 atom stereocenters. The number of rotatable bonds is 5. The molecule has 1 N–H and O–H groups in total. The number of aliphatic imine (C=N–C) groups is 1. The predicted molar refractivity (Wildman–Crippen MR) is 135 cm³/mol. The van der Waals surface area contributed by atoms with Gasteiger partial charge in [-0.1, -0.05) is 11.8 Å². The van der Waals surface area contributed by atoms with Crippen LogP contribution in [0.1, 0.15) is 24.4 Å². The van der Waals surface area contributed by atoms with Crippen LogP contribution in [0.25, 0.3) is 27.8 Å². The maximum Gasteiger partial charge on any atom is 0.159 e. The summed E-state index contributed by atoms with van der Waals surface area (Å²) in [6.45, 7) is 1.94. The van der Waals surface area contributed by atoms with E-state index in [0.717, 1.165) is 64.2 Å². The molecule has 0 unspecified atom stereocenters. The molecule has 1 aliphatic rings. The van der Waals surface area contributed by atoms with Gasteiger partial charge < -0.3 is 9.88 Å². The van der Waals surface area contributed by atoms with Crippen molar-refractivity contribution in [3.63, 3.8) is 0 Å². The first-order valence-corrected chi connectivity index (χ1v) is 12.3. The highest BCUT2D eigenvalue weighted by molar-refractivity contribution is 7.99. The summed E-state index contributed by atoms with van der Waals surface area (Å²) >= 11 is 1.28. The zero-order chi connectivity index (χ0) is 23.8. The van der Waals surface area contributed by atoms with Crippen LogP contribution in [0.4, 0.5) is 4.39 Å². The molecule has 0 spiro atoms. The van der Waals surface area contributed by atoms with Gasteiger partial charge in [0.2, 0.25) is 0 Å². The Labute approximate surface area is 205 Å². The molecule has 35 heavy (non-hydrogen) atoms. The summed E-state index contributed by atoms with van der Waals surface area (Å²) < 4.78 is 18.6. The number of fused-ring (bicyclic) bond motifs is 2. The standard InChI is InChI=1S/C25H23FN8S/c1-27-11-17-12-32-34-14-16(10-21(23(17)34)35-25-20(26)5-3-7-31-25)19-15-33(18-4-2-6-28-13-18)24-22(19)29-8-9-30-24/h3,5,7-12,14-15,18,28H,2,4,6,13H2,1H3/t18-/m0/s1. The molecule has 0 saturated carbocycles. The number of hydrogen-bond acceptors (Lipinski definition) is 7. The number of pyridine rings is 2. The normalized spacial score (nSPS) is 16.6. The third kappa shape index (κ3) is 3.98. The number of nitrogens with one attached hydrogen (secondary N) is 1. The van der Waals surface area contributed by atoms with Gasteiger partial charge in [0.05, 0.1) is 11.7 Å². The molecule has 5 aromatic heterocycles. The molecule has 8 nitrogen and oxygen atoms in total. The predicted octanol–water partition coefficient (Wildman–Crippen LogP) is 4.40. The maximum atomic E-state index is 14.5. The molecule has 0 aromatic carbocycles. The van der Waals surface area contributed by atoms with Crippen LogP contribution < -0.4 is 5.32 Å². The minimum atomic E-state index is -0.362. The van der Waals surface area contributed by atoms with Crippen LogP contribution in [0.5, 0.6) is 0 Å². The van der Waals surface area contributed by atoms with Crippen molar-refractivity contribution in [1.29, 1.82) is 0 Å². The van der Waals surface area contributed by atoms with Crippen molar-refractivity contribution in [2.45, 2.75) is 28.8 Å². The van der Waals surface area contributed by atoms with Crippen LogP contribution in [-0.4, -0.2) is 55.5 Å². The van der Waals surface area contributed by atoms with E-state index < -0.39 is 0 Å². The SMILES string of the molecule is CN=Cc1cnn2cc(-c3cn([C@H]4CCCNC4)c4nccnc34)cc(Sc3ncccc3F)c12. The highest BCUT2D eigenvalue weighted by atomic mass is 32.2. The zero-order valence-corrected chi connectivity index (χ0v) is 19.9. The van der Waals surface area contributed by atoms with Crippen molar-refractivity contribution in [2.24, 2.45) is 4.99 Å². The van der Waals surface area contributed by atoms with E-state index in [2.05, 4.69) is 47.2 Å². The topological polar surface area (TPSA) is 85.3 Å². The van der Waals surface area contributed by atoms with E-state index in [1.54, 1.807) is 44.1 Å². The second-order valence-electron chi connectivity index (χ2n) is 8.44. The lowest BCUT2D eigenvalue weighted by molar-refractivity contribution is 0.378. The molecule has 6 rings (SSSR count). The molecule has 10 heteroatoms. The first-order chi connectivity index (χ1) is 17.2. The fraction of sp³-hybridized carbons (Fsp3) is 0.240. The van der Waals surface area contributed by atoms with Gasteiger partial charge in [0.15, 0.2) is 11.5 Å². The third-order valence-electron chi connectivity index (χ3n) is 6.23. The minimum Gasteiger partial charge on any atom is -0.326 e. The van der Waals surface area contributed by atoms with Gasteiger partial charge in [-0.3, -0.25) is 9.98 Å². The Morgan fingerprint density at radius 2 is 2.11 bits per heavy atom. The molecular formula is C25H23FN8S. The summed E-state index contributed by atoms with van der Waals surface area (Å²) in [6.07, 6.45) is 14.9. The summed E-state index contributed by atoms with van der Waals surface area (Å²) in [4.78, 5) is 18.6. The number of halogens is 1. The monoisotopic (exact) mass is 486 g/mol. The first-order valence-electron chi connectivity index (χ1n) is 11.5. The summed E-state index contributed by atoms with van der Waals surface area (Å²) in [6, 6.07) is 5.37. The fourth-order valence-electron chi connectivity index (χ4n) is 4.65. The average molecular weight is 487 g/mol. The Balaban J connectivity index is 1.55. The van der Waals surface area contributed by atoms with Crippen molar-refractivity contribution < 1.29 is 4.39 Å². The minimum absolute atomic E-state index is 0.308. The van der Waals surface area contributed by atoms with E-state index in [4.69, 9.17) is 0 Å². The second-order valence-corrected chi connectivity index (χ2v) is 9.48. The molecule has 6 heterocycles. The number of piperidine rings is 1. The Morgan fingerprint density at radius 1 is 1.20 bits per heavy atom. The summed E-state index contributed by atoms with van der Waals surface area (Å²) in [5, 5.41) is 8.36. The van der Waals surface area contributed by atoms with Crippen LogP contribution >= 0.6 is 11.8 Å². The molecule has 5 aromatic rings. The largest absolute Gasteiger partial charge is 0.326 e. The molecular weight excluding hydrogens is 463 g/mol. The number of hydrogen-bond donors (Lipinski definition) is 1. The second kappa shape index (κ2) is 9.20. The molecule has 0 radical (unpaired) electrons. The molecule has 0 amide bonds. The van der Waals surface area contributed by atoms with Crippen molar-refractivity contribution in [1.82, 2.24) is 34.4 Å². The molecule has 176 valence electrons. The summed E-state index contributed by atoms with van der Waals surface area (Å²) in [5.74, 6) is -0.362. The Hall–Kier alpha value is -3.63. The van der Waals surface area contributed by atoms with E-state index >= 15 is 0 Å². The van der Waals surface area contributed by atoms with Crippen LogP contribution in [0.3, 0.4) is 0 Å². The van der Waals surface area contributed by atoms with E-state index in [1.165, 1.54) is 17.8 Å². The lowest BCUT2D eigenvalue weighted by atomic mass is 10.1. The highest BCUT2D eigenvalue weighted by Gasteiger charge is 2.22. The van der Waals surface area contributed by atoms with E-state index in [1.807, 2.05) is 10.7 Å². The van der Waals surface area contributed by atoms with Crippen molar-refractivity contribution >= 4 is 34.7 Å². The van der Waals surface area contributed by atoms with Crippen LogP contribution in [0.2, 0.25) is 0 Å². The van der Waals surface area contributed by atoms with Gasteiger partial charge in [-0.2, -0.15) is 5.10 Å². The van der Waals surface area contributed by atoms with E-state index in [9.17, 15) is 4.39 Å². The van der Waals surface area contributed by atoms with Gasteiger partial charge in [0, 0.05) is 78.4 Å². The lowest BCUT2D eigenvalue weighted by Crippen LogP contribution is -2.31. The smallest absolute Gasteiger partial charge is 0.159 e.